The largest absolute Gasteiger partial charge is 0.446 e. The Balaban J connectivity index is 2.01. The van der Waals surface area contributed by atoms with Crippen LogP contribution in [0.3, 0.4) is 0 Å². The summed E-state index contributed by atoms with van der Waals surface area (Å²) >= 11 is 0. The second-order valence-electron chi connectivity index (χ2n) is 5.35. The highest BCUT2D eigenvalue weighted by Gasteiger charge is 2.23. The van der Waals surface area contributed by atoms with Crippen LogP contribution in [-0.2, 0) is 0 Å². The molecule has 6 nitrogen and oxygen atoms in total. The van der Waals surface area contributed by atoms with Crippen molar-refractivity contribution in [1.29, 1.82) is 0 Å². The predicted molar refractivity (Wildman–Crippen MR) is 71.7 cm³/mol. The van der Waals surface area contributed by atoms with Gasteiger partial charge in [0, 0.05) is 26.2 Å². The minimum Gasteiger partial charge on any atom is -0.446 e. The Morgan fingerprint density at radius 1 is 1.53 bits per heavy atom. The first kappa shape index (κ1) is 14.0. The smallest absolute Gasteiger partial charge is 0.275 e. The zero-order valence-electron chi connectivity index (χ0n) is 11.6. The summed E-state index contributed by atoms with van der Waals surface area (Å²) in [7, 11) is 0. The average molecular weight is 266 g/mol. The molecule has 0 aliphatic carbocycles. The van der Waals surface area contributed by atoms with Crippen molar-refractivity contribution in [2.24, 2.45) is 11.7 Å². The van der Waals surface area contributed by atoms with Gasteiger partial charge in [-0.15, -0.1) is 0 Å². The number of nitrogens with one attached hydrogen (secondary N) is 1. The molecule has 1 aliphatic heterocycles. The third-order valence-corrected chi connectivity index (χ3v) is 3.19. The highest BCUT2D eigenvalue weighted by Crippen LogP contribution is 2.18. The molecular formula is C13H22N4O2. The molecule has 0 saturated carbocycles. The monoisotopic (exact) mass is 266 g/mol. The van der Waals surface area contributed by atoms with E-state index in [0.717, 1.165) is 19.5 Å². The molecule has 2 rings (SSSR count). The normalized spacial score (nSPS) is 17.8. The van der Waals surface area contributed by atoms with Gasteiger partial charge in [0.25, 0.3) is 5.91 Å². The van der Waals surface area contributed by atoms with Gasteiger partial charge < -0.3 is 20.4 Å². The zero-order chi connectivity index (χ0) is 13.8. The minimum absolute atomic E-state index is 0.0757. The lowest BCUT2D eigenvalue weighted by Crippen LogP contribution is -2.46. The van der Waals surface area contributed by atoms with E-state index in [1.54, 1.807) is 4.90 Å². The molecule has 0 aromatic carbocycles. The first-order valence-electron chi connectivity index (χ1n) is 6.79. The van der Waals surface area contributed by atoms with Crippen LogP contribution in [0.4, 0.5) is 0 Å². The van der Waals surface area contributed by atoms with Gasteiger partial charge in [-0.25, -0.2) is 4.98 Å². The number of piperazine rings is 1. The molecule has 1 fully saturated rings. The standard InChI is InChI=1S/C13H22N4O2/c1-9(2)7-10(14)12-16-11(8-19-12)13(18)17-5-3-15-4-6-17/h8-10,15H,3-7,14H2,1-2H3. The SMILES string of the molecule is CC(C)CC(N)c1nc(C(=O)N2CCNCC2)co1. The van der Waals surface area contributed by atoms with Gasteiger partial charge in [-0.2, -0.15) is 0 Å². The molecule has 0 radical (unpaired) electrons. The van der Waals surface area contributed by atoms with E-state index in [4.69, 9.17) is 10.2 Å². The van der Waals surface area contributed by atoms with Crippen LogP contribution >= 0.6 is 0 Å². The third kappa shape index (κ3) is 3.54. The van der Waals surface area contributed by atoms with E-state index < -0.39 is 0 Å². The maximum Gasteiger partial charge on any atom is 0.275 e. The fourth-order valence-corrected chi connectivity index (χ4v) is 2.19. The fraction of sp³-hybridized carbons (Fsp3) is 0.692. The van der Waals surface area contributed by atoms with Crippen LogP contribution in [-0.4, -0.2) is 42.0 Å². The topological polar surface area (TPSA) is 84.4 Å². The summed E-state index contributed by atoms with van der Waals surface area (Å²) < 4.78 is 5.34. The Morgan fingerprint density at radius 3 is 2.84 bits per heavy atom. The number of oxazole rings is 1. The molecule has 2 heterocycles. The summed E-state index contributed by atoms with van der Waals surface area (Å²) in [6, 6.07) is -0.246. The molecule has 106 valence electrons. The van der Waals surface area contributed by atoms with E-state index in [2.05, 4.69) is 24.1 Å². The molecular weight excluding hydrogens is 244 g/mol. The number of nitrogens with two attached hydrogens (primary N) is 1. The van der Waals surface area contributed by atoms with Crippen LogP contribution in [0.1, 0.15) is 42.7 Å². The number of rotatable bonds is 4. The van der Waals surface area contributed by atoms with Gasteiger partial charge in [0.1, 0.15) is 6.26 Å². The molecule has 6 heteroatoms. The second-order valence-corrected chi connectivity index (χ2v) is 5.35. The summed E-state index contributed by atoms with van der Waals surface area (Å²) in [5.74, 6) is 0.842. The van der Waals surface area contributed by atoms with Crippen LogP contribution in [0.25, 0.3) is 0 Å². The highest BCUT2D eigenvalue weighted by molar-refractivity contribution is 5.92. The molecule has 1 aromatic rings. The van der Waals surface area contributed by atoms with Crippen molar-refractivity contribution < 1.29 is 9.21 Å². The van der Waals surface area contributed by atoms with E-state index in [1.165, 1.54) is 6.26 Å². The number of carbonyl (C=O) groups excluding carboxylic acids is 1. The minimum atomic E-state index is -0.246. The number of nitrogens with zero attached hydrogens (tertiary/aromatic N) is 2. The Labute approximate surface area is 113 Å². The highest BCUT2D eigenvalue weighted by atomic mass is 16.3. The van der Waals surface area contributed by atoms with Crippen molar-refractivity contribution in [3.05, 3.63) is 17.8 Å². The fourth-order valence-electron chi connectivity index (χ4n) is 2.19. The average Bonchev–Trinajstić information content (AvgIpc) is 2.88. The number of amides is 1. The second kappa shape index (κ2) is 6.16. The molecule has 1 aromatic heterocycles. The van der Waals surface area contributed by atoms with Crippen LogP contribution in [0.15, 0.2) is 10.7 Å². The summed E-state index contributed by atoms with van der Waals surface area (Å²) in [4.78, 5) is 18.2. The lowest BCUT2D eigenvalue weighted by atomic mass is 10.0. The lowest BCUT2D eigenvalue weighted by Gasteiger charge is -2.26. The van der Waals surface area contributed by atoms with E-state index in [0.29, 0.717) is 30.6 Å². The Morgan fingerprint density at radius 2 is 2.21 bits per heavy atom. The molecule has 0 bridgehead atoms. The van der Waals surface area contributed by atoms with Crippen LogP contribution in [0.2, 0.25) is 0 Å². The summed E-state index contributed by atoms with van der Waals surface area (Å²) in [5, 5.41) is 3.21. The van der Waals surface area contributed by atoms with Crippen molar-refractivity contribution in [1.82, 2.24) is 15.2 Å². The van der Waals surface area contributed by atoms with Gasteiger partial charge in [-0.1, -0.05) is 13.8 Å². The van der Waals surface area contributed by atoms with Gasteiger partial charge in [-0.3, -0.25) is 4.79 Å². The quantitative estimate of drug-likeness (QED) is 0.840. The molecule has 1 atom stereocenters. The summed E-state index contributed by atoms with van der Waals surface area (Å²) in [6.45, 7) is 7.25. The number of hydrogen-bond donors (Lipinski definition) is 2. The van der Waals surface area contributed by atoms with E-state index >= 15 is 0 Å². The predicted octanol–water partition coefficient (Wildman–Crippen LogP) is 0.766. The molecule has 3 N–H and O–H groups in total. The Kier molecular flexibility index (Phi) is 4.55. The number of carbonyl (C=O) groups is 1. The lowest BCUT2D eigenvalue weighted by molar-refractivity contribution is 0.0730. The van der Waals surface area contributed by atoms with Crippen molar-refractivity contribution >= 4 is 5.91 Å². The zero-order valence-corrected chi connectivity index (χ0v) is 11.6. The maximum absolute atomic E-state index is 12.2. The molecule has 1 aliphatic rings. The van der Waals surface area contributed by atoms with E-state index in [1.807, 2.05) is 0 Å². The summed E-state index contributed by atoms with van der Waals surface area (Å²) in [5.41, 5.74) is 6.35. The van der Waals surface area contributed by atoms with Crippen molar-refractivity contribution in [3.8, 4) is 0 Å². The van der Waals surface area contributed by atoms with Crippen molar-refractivity contribution in [2.75, 3.05) is 26.2 Å². The van der Waals surface area contributed by atoms with Gasteiger partial charge in [-0.05, 0) is 12.3 Å². The Hall–Kier alpha value is -1.40. The van der Waals surface area contributed by atoms with Gasteiger partial charge >= 0.3 is 0 Å². The van der Waals surface area contributed by atoms with Gasteiger partial charge in [0.05, 0.1) is 6.04 Å². The van der Waals surface area contributed by atoms with Crippen LogP contribution in [0.5, 0.6) is 0 Å². The van der Waals surface area contributed by atoms with Crippen LogP contribution < -0.4 is 11.1 Å². The molecule has 19 heavy (non-hydrogen) atoms. The first-order valence-corrected chi connectivity index (χ1v) is 6.79. The first-order chi connectivity index (χ1) is 9.08. The van der Waals surface area contributed by atoms with Crippen LogP contribution in [0, 0.1) is 5.92 Å². The molecule has 1 amide bonds. The van der Waals surface area contributed by atoms with Crippen molar-refractivity contribution in [3.63, 3.8) is 0 Å². The van der Waals surface area contributed by atoms with Gasteiger partial charge in [0.2, 0.25) is 5.89 Å². The third-order valence-electron chi connectivity index (χ3n) is 3.19. The number of aromatic nitrogens is 1. The number of hydrogen-bond acceptors (Lipinski definition) is 5. The maximum atomic E-state index is 12.2. The summed E-state index contributed by atoms with van der Waals surface area (Å²) in [6.07, 6.45) is 2.21. The molecule has 0 spiro atoms. The van der Waals surface area contributed by atoms with Crippen molar-refractivity contribution in [2.45, 2.75) is 26.3 Å². The Bertz CT molecular complexity index is 424. The van der Waals surface area contributed by atoms with Gasteiger partial charge in [0.15, 0.2) is 5.69 Å². The molecule has 1 unspecified atom stereocenters. The van der Waals surface area contributed by atoms with E-state index in [-0.39, 0.29) is 11.9 Å². The molecule has 1 saturated heterocycles. The van der Waals surface area contributed by atoms with E-state index in [9.17, 15) is 4.79 Å².